The van der Waals surface area contributed by atoms with E-state index in [0.29, 0.717) is 32.2 Å². The molecule has 4 amide bonds. The summed E-state index contributed by atoms with van der Waals surface area (Å²) in [5.74, 6) is -1.56. The molecule has 0 bridgehead atoms. The second-order valence-corrected chi connectivity index (χ2v) is 13.3. The van der Waals surface area contributed by atoms with Crippen LogP contribution in [0.2, 0.25) is 0 Å². The van der Waals surface area contributed by atoms with Gasteiger partial charge in [-0.3, -0.25) is 19.2 Å². The highest BCUT2D eigenvalue weighted by Gasteiger charge is 2.34. The predicted molar refractivity (Wildman–Crippen MR) is 192 cm³/mol. The maximum atomic E-state index is 14.4. The van der Waals surface area contributed by atoms with Gasteiger partial charge in [-0.15, -0.1) is 0 Å². The quantitative estimate of drug-likeness (QED) is 0.129. The predicted octanol–water partition coefficient (Wildman–Crippen LogP) is 3.32. The van der Waals surface area contributed by atoms with Crippen molar-refractivity contribution in [3.63, 3.8) is 0 Å². The molecule has 3 rings (SSSR count). The molecule has 6 N–H and O–H groups in total. The van der Waals surface area contributed by atoms with Crippen LogP contribution in [-0.4, -0.2) is 84.8 Å². The molecule has 0 fully saturated rings. The average molecular weight is 657 g/mol. The summed E-state index contributed by atoms with van der Waals surface area (Å²) in [6, 6.07) is 20.5. The zero-order chi connectivity index (χ0) is 35.3. The molecule has 0 heterocycles. The zero-order valence-corrected chi connectivity index (χ0v) is 28.9. The SMILES string of the molecule is CN(C)C(=O)[C@H](CCCCN)NC(=O)[C@@H](Cc1ccccc1)N(C)C(=O)[C@@H](Cc1ccc2ccccc2c1)NC(=O)C=CCC(C)(C)N. The van der Waals surface area contributed by atoms with Crippen LogP contribution >= 0.6 is 0 Å². The number of unbranched alkanes of at least 4 members (excludes halogenated alkanes) is 1. The minimum Gasteiger partial charge on any atom is -0.347 e. The van der Waals surface area contributed by atoms with E-state index < -0.39 is 41.4 Å². The number of rotatable bonds is 17. The van der Waals surface area contributed by atoms with Crippen LogP contribution in [0.15, 0.2) is 84.9 Å². The third-order valence-electron chi connectivity index (χ3n) is 8.17. The van der Waals surface area contributed by atoms with Crippen molar-refractivity contribution in [2.45, 2.75) is 76.0 Å². The first-order valence-electron chi connectivity index (χ1n) is 16.5. The van der Waals surface area contributed by atoms with Gasteiger partial charge >= 0.3 is 0 Å². The maximum absolute atomic E-state index is 14.4. The second-order valence-electron chi connectivity index (χ2n) is 13.3. The Balaban J connectivity index is 1.95. The molecule has 3 aromatic carbocycles. The lowest BCUT2D eigenvalue weighted by Gasteiger charge is -2.32. The fourth-order valence-electron chi connectivity index (χ4n) is 5.46. The standard InChI is InChI=1S/C38H52N6O4/c1-38(2,40)22-13-19-34(45)41-32(25-28-20-21-29-16-9-10-17-30(29)24-28)37(48)44(5)33(26-27-14-7-6-8-15-27)35(46)42-31(18-11-12-23-39)36(47)43(3)4/h6-10,13-17,19-21,24,31-33H,11-12,18,22-23,25-26,39-40H2,1-5H3,(H,41,45)(H,42,46)/t31-,32+,33+/m0/s1. The van der Waals surface area contributed by atoms with Crippen LogP contribution in [0, 0.1) is 0 Å². The van der Waals surface area contributed by atoms with Crippen LogP contribution in [-0.2, 0) is 32.0 Å². The van der Waals surface area contributed by atoms with Gasteiger partial charge in [0.15, 0.2) is 0 Å². The van der Waals surface area contributed by atoms with Gasteiger partial charge in [0.1, 0.15) is 18.1 Å². The third-order valence-corrected chi connectivity index (χ3v) is 8.17. The number of nitrogens with two attached hydrogens (primary N) is 2. The fourth-order valence-corrected chi connectivity index (χ4v) is 5.46. The van der Waals surface area contributed by atoms with E-state index in [2.05, 4.69) is 10.6 Å². The van der Waals surface area contributed by atoms with Crippen LogP contribution in [0.25, 0.3) is 10.8 Å². The van der Waals surface area contributed by atoms with Crippen molar-refractivity contribution in [3.8, 4) is 0 Å². The van der Waals surface area contributed by atoms with Gasteiger partial charge in [-0.25, -0.2) is 0 Å². The number of likely N-dealkylation sites (N-methyl/N-ethyl adjacent to an activating group) is 2. The first-order valence-corrected chi connectivity index (χ1v) is 16.5. The summed E-state index contributed by atoms with van der Waals surface area (Å²) in [5.41, 5.74) is 13.0. The van der Waals surface area contributed by atoms with E-state index in [1.165, 1.54) is 15.9 Å². The highest BCUT2D eigenvalue weighted by atomic mass is 16.2. The molecule has 258 valence electrons. The summed E-state index contributed by atoms with van der Waals surface area (Å²) in [7, 11) is 4.86. The maximum Gasteiger partial charge on any atom is 0.245 e. The van der Waals surface area contributed by atoms with E-state index >= 15 is 0 Å². The van der Waals surface area contributed by atoms with Crippen molar-refractivity contribution in [2.24, 2.45) is 11.5 Å². The van der Waals surface area contributed by atoms with E-state index in [1.807, 2.05) is 86.6 Å². The molecule has 0 saturated heterocycles. The fraction of sp³-hybridized carbons (Fsp3) is 0.421. The monoisotopic (exact) mass is 656 g/mol. The van der Waals surface area contributed by atoms with Gasteiger partial charge in [0.05, 0.1) is 0 Å². The number of carbonyl (C=O) groups is 4. The summed E-state index contributed by atoms with van der Waals surface area (Å²) in [6.07, 6.45) is 5.76. The van der Waals surface area contributed by atoms with Crippen molar-refractivity contribution in [1.82, 2.24) is 20.4 Å². The number of amides is 4. The largest absolute Gasteiger partial charge is 0.347 e. The smallest absolute Gasteiger partial charge is 0.245 e. The van der Waals surface area contributed by atoms with Gasteiger partial charge in [0.2, 0.25) is 23.6 Å². The highest BCUT2D eigenvalue weighted by molar-refractivity contribution is 5.96. The Morgan fingerprint density at radius 2 is 1.46 bits per heavy atom. The summed E-state index contributed by atoms with van der Waals surface area (Å²) in [6.45, 7) is 4.21. The van der Waals surface area contributed by atoms with Gasteiger partial charge in [-0.1, -0.05) is 78.9 Å². The second kappa shape index (κ2) is 18.1. The van der Waals surface area contributed by atoms with Gasteiger partial charge in [0, 0.05) is 39.5 Å². The molecular weight excluding hydrogens is 604 g/mol. The molecule has 3 atom stereocenters. The molecular formula is C38H52N6O4. The first-order chi connectivity index (χ1) is 22.8. The van der Waals surface area contributed by atoms with Crippen LogP contribution in [0.3, 0.4) is 0 Å². The lowest BCUT2D eigenvalue weighted by molar-refractivity contribution is -0.143. The van der Waals surface area contributed by atoms with E-state index in [-0.39, 0.29) is 18.7 Å². The molecule has 10 heteroatoms. The number of nitrogens with zero attached hydrogens (tertiary/aromatic N) is 2. The third kappa shape index (κ3) is 11.9. The Morgan fingerprint density at radius 3 is 2.10 bits per heavy atom. The minimum atomic E-state index is -0.978. The van der Waals surface area contributed by atoms with Crippen LogP contribution in [0.5, 0.6) is 0 Å². The van der Waals surface area contributed by atoms with Gasteiger partial charge in [0.25, 0.3) is 0 Å². The molecule has 48 heavy (non-hydrogen) atoms. The Morgan fingerprint density at radius 1 is 0.792 bits per heavy atom. The van der Waals surface area contributed by atoms with Crippen molar-refractivity contribution in [1.29, 1.82) is 0 Å². The molecule has 0 unspecified atom stereocenters. The molecule has 0 spiro atoms. The average Bonchev–Trinajstić information content (AvgIpc) is 3.05. The number of benzene rings is 3. The summed E-state index contributed by atoms with van der Waals surface area (Å²) in [5, 5.41) is 7.89. The molecule has 10 nitrogen and oxygen atoms in total. The topological polar surface area (TPSA) is 151 Å². The number of carbonyl (C=O) groups excluding carboxylic acids is 4. The Labute approximate surface area is 284 Å². The lowest BCUT2D eigenvalue weighted by Crippen LogP contribution is -2.58. The lowest BCUT2D eigenvalue weighted by atomic mass is 9.98. The number of hydrogen-bond acceptors (Lipinski definition) is 6. The van der Waals surface area contributed by atoms with E-state index in [1.54, 1.807) is 27.2 Å². The highest BCUT2D eigenvalue weighted by Crippen LogP contribution is 2.19. The summed E-state index contributed by atoms with van der Waals surface area (Å²) in [4.78, 5) is 57.4. The van der Waals surface area contributed by atoms with E-state index in [0.717, 1.165) is 21.9 Å². The van der Waals surface area contributed by atoms with Gasteiger partial charge < -0.3 is 31.9 Å². The molecule has 0 radical (unpaired) electrons. The molecule has 0 aliphatic heterocycles. The van der Waals surface area contributed by atoms with Crippen molar-refractivity contribution in [2.75, 3.05) is 27.7 Å². The van der Waals surface area contributed by atoms with Crippen LogP contribution in [0.1, 0.15) is 50.7 Å². The number of hydrogen-bond donors (Lipinski definition) is 4. The van der Waals surface area contributed by atoms with E-state index in [4.69, 9.17) is 11.5 Å². The molecule has 0 aliphatic rings. The van der Waals surface area contributed by atoms with Crippen molar-refractivity contribution >= 4 is 34.4 Å². The van der Waals surface area contributed by atoms with Gasteiger partial charge in [-0.05, 0) is 74.1 Å². The van der Waals surface area contributed by atoms with Crippen LogP contribution < -0.4 is 22.1 Å². The van der Waals surface area contributed by atoms with Crippen molar-refractivity contribution in [3.05, 3.63) is 96.1 Å². The van der Waals surface area contributed by atoms with E-state index in [9.17, 15) is 19.2 Å². The van der Waals surface area contributed by atoms with Crippen LogP contribution in [0.4, 0.5) is 0 Å². The number of nitrogens with one attached hydrogen (secondary N) is 2. The first kappa shape index (κ1) is 37.9. The number of fused-ring (bicyclic) bond motifs is 1. The molecule has 0 aliphatic carbocycles. The summed E-state index contributed by atoms with van der Waals surface area (Å²) < 4.78 is 0. The molecule has 0 aromatic heterocycles. The Kier molecular flexibility index (Phi) is 14.3. The molecule has 3 aromatic rings. The Bertz CT molecular complexity index is 1550. The van der Waals surface area contributed by atoms with Gasteiger partial charge in [-0.2, -0.15) is 0 Å². The minimum absolute atomic E-state index is 0.205. The summed E-state index contributed by atoms with van der Waals surface area (Å²) >= 11 is 0. The van der Waals surface area contributed by atoms with Crippen molar-refractivity contribution < 1.29 is 19.2 Å². The molecule has 0 saturated carbocycles. The zero-order valence-electron chi connectivity index (χ0n) is 28.9. The normalized spacial score (nSPS) is 13.5. The Hall–Kier alpha value is -4.54.